The molecule has 2 heterocycles. The lowest BCUT2D eigenvalue weighted by molar-refractivity contribution is 0.436. The zero-order valence-electron chi connectivity index (χ0n) is 33.6. The topological polar surface area (TPSA) is 47.9 Å². The Hall–Kier alpha value is -8.21. The predicted octanol–water partition coefficient (Wildman–Crippen LogP) is 14.3. The van der Waals surface area contributed by atoms with Gasteiger partial charge in [0.25, 0.3) is 0 Å². The van der Waals surface area contributed by atoms with Gasteiger partial charge in [-0.1, -0.05) is 200 Å². The van der Waals surface area contributed by atoms with Crippen LogP contribution in [0.3, 0.4) is 0 Å². The van der Waals surface area contributed by atoms with Crippen LogP contribution in [0.5, 0.6) is 11.5 Å². The molecular weight excluding hydrogens is 755 g/mol. The molecule has 10 aromatic rings. The van der Waals surface area contributed by atoms with Crippen LogP contribution in [0, 0.1) is 0 Å². The number of nitrogens with zero attached hydrogens (tertiary/aromatic N) is 3. The standard InChI is InChI=1S/C58H37N3O/c1-4-14-38(15-5-1)40-24-26-42(27-25-40)45-32-34-49-47(36-45)48-37-46(33-35-50(48)58(49)51-20-10-12-22-53(51)62-54-23-13-11-21-52(54)58)57-60-55(43-18-8-3-9-19-43)59-56(61-57)44-30-28-41(29-31-44)39-16-6-2-7-17-39/h1-37H. The molecule has 4 heteroatoms. The van der Waals surface area contributed by atoms with Crippen molar-refractivity contribution in [3.63, 3.8) is 0 Å². The van der Waals surface area contributed by atoms with Gasteiger partial charge in [0.15, 0.2) is 17.5 Å². The molecule has 0 saturated heterocycles. The van der Waals surface area contributed by atoms with Gasteiger partial charge < -0.3 is 4.74 Å². The van der Waals surface area contributed by atoms with Gasteiger partial charge >= 0.3 is 0 Å². The molecular formula is C58H37N3O. The van der Waals surface area contributed by atoms with E-state index in [4.69, 9.17) is 19.7 Å². The van der Waals surface area contributed by atoms with Crippen molar-refractivity contribution in [2.75, 3.05) is 0 Å². The number of hydrogen-bond acceptors (Lipinski definition) is 4. The zero-order valence-corrected chi connectivity index (χ0v) is 33.6. The van der Waals surface area contributed by atoms with Gasteiger partial charge in [-0.05, 0) is 79.9 Å². The number of hydrogen-bond donors (Lipinski definition) is 0. The Kier molecular flexibility index (Phi) is 8.36. The normalized spacial score (nSPS) is 12.8. The third-order valence-corrected chi connectivity index (χ3v) is 12.4. The van der Waals surface area contributed by atoms with E-state index in [1.165, 1.54) is 33.4 Å². The van der Waals surface area contributed by atoms with Crippen LogP contribution >= 0.6 is 0 Å². The van der Waals surface area contributed by atoms with E-state index in [9.17, 15) is 0 Å². The Morgan fingerprint density at radius 2 is 0.581 bits per heavy atom. The third-order valence-electron chi connectivity index (χ3n) is 12.4. The first kappa shape index (κ1) is 35.7. The molecule has 2 aliphatic rings. The lowest BCUT2D eigenvalue weighted by Crippen LogP contribution is -2.32. The van der Waals surface area contributed by atoms with Crippen LogP contribution < -0.4 is 4.74 Å². The molecule has 1 aliphatic heterocycles. The van der Waals surface area contributed by atoms with Gasteiger partial charge in [0.1, 0.15) is 11.5 Å². The summed E-state index contributed by atoms with van der Waals surface area (Å²) in [6, 6.07) is 79.2. The number of ether oxygens (including phenoxy) is 1. The van der Waals surface area contributed by atoms with Crippen LogP contribution in [-0.2, 0) is 5.41 Å². The highest BCUT2D eigenvalue weighted by Crippen LogP contribution is 2.62. The largest absolute Gasteiger partial charge is 0.457 e. The minimum Gasteiger partial charge on any atom is -0.457 e. The number of aromatic nitrogens is 3. The summed E-state index contributed by atoms with van der Waals surface area (Å²) in [6.07, 6.45) is 0. The second-order valence-corrected chi connectivity index (χ2v) is 15.9. The first-order valence-corrected chi connectivity index (χ1v) is 21.0. The number of rotatable bonds is 6. The fourth-order valence-electron chi connectivity index (χ4n) is 9.51. The highest BCUT2D eigenvalue weighted by molar-refractivity contribution is 5.92. The first-order valence-electron chi connectivity index (χ1n) is 21.0. The molecule has 0 atom stereocenters. The Labute approximate surface area is 360 Å². The molecule has 290 valence electrons. The molecule has 0 amide bonds. The minimum absolute atomic E-state index is 0.607. The molecule has 0 unspecified atom stereocenters. The highest BCUT2D eigenvalue weighted by atomic mass is 16.5. The molecule has 4 nitrogen and oxygen atoms in total. The van der Waals surface area contributed by atoms with E-state index in [1.54, 1.807) is 0 Å². The summed E-state index contributed by atoms with van der Waals surface area (Å²) in [5.41, 5.74) is 16.2. The number of para-hydroxylation sites is 2. The van der Waals surface area contributed by atoms with E-state index in [0.717, 1.165) is 61.6 Å². The maximum Gasteiger partial charge on any atom is 0.164 e. The van der Waals surface area contributed by atoms with E-state index in [0.29, 0.717) is 17.5 Å². The molecule has 0 N–H and O–H groups in total. The van der Waals surface area contributed by atoms with E-state index >= 15 is 0 Å². The van der Waals surface area contributed by atoms with E-state index < -0.39 is 5.41 Å². The van der Waals surface area contributed by atoms with Crippen molar-refractivity contribution in [3.8, 4) is 90.2 Å². The van der Waals surface area contributed by atoms with Crippen molar-refractivity contribution >= 4 is 0 Å². The van der Waals surface area contributed by atoms with E-state index in [2.05, 4.69) is 200 Å². The van der Waals surface area contributed by atoms with Gasteiger partial charge in [0.2, 0.25) is 0 Å². The Bertz CT molecular complexity index is 3250. The van der Waals surface area contributed by atoms with Gasteiger partial charge in [-0.25, -0.2) is 15.0 Å². The monoisotopic (exact) mass is 791 g/mol. The number of fused-ring (bicyclic) bond motifs is 9. The van der Waals surface area contributed by atoms with Crippen molar-refractivity contribution in [1.29, 1.82) is 0 Å². The summed E-state index contributed by atoms with van der Waals surface area (Å²) >= 11 is 0. The maximum absolute atomic E-state index is 6.64. The van der Waals surface area contributed by atoms with Gasteiger partial charge in [-0.3, -0.25) is 0 Å². The summed E-state index contributed by atoms with van der Waals surface area (Å²) in [5.74, 6) is 3.60. The zero-order chi connectivity index (χ0) is 41.0. The molecule has 9 aromatic carbocycles. The van der Waals surface area contributed by atoms with Crippen LogP contribution in [0.2, 0.25) is 0 Å². The van der Waals surface area contributed by atoms with Crippen molar-refractivity contribution in [2.24, 2.45) is 0 Å². The molecule has 1 aliphatic carbocycles. The van der Waals surface area contributed by atoms with E-state index in [-0.39, 0.29) is 0 Å². The Morgan fingerprint density at radius 1 is 0.258 bits per heavy atom. The SMILES string of the molecule is c1ccc(-c2ccc(-c3ccc4c(c3)-c3cc(-c5nc(-c6ccccc6)nc(-c6ccc(-c7ccccc7)cc6)n5)ccc3C43c4ccccc4Oc4ccccc43)cc2)cc1. The molecule has 0 fully saturated rings. The van der Waals surface area contributed by atoms with Crippen molar-refractivity contribution in [1.82, 2.24) is 15.0 Å². The van der Waals surface area contributed by atoms with Gasteiger partial charge in [0, 0.05) is 27.8 Å². The summed E-state index contributed by atoms with van der Waals surface area (Å²) in [4.78, 5) is 15.5. The van der Waals surface area contributed by atoms with Gasteiger partial charge in [-0.2, -0.15) is 0 Å². The first-order chi connectivity index (χ1) is 30.7. The summed E-state index contributed by atoms with van der Waals surface area (Å²) in [6.45, 7) is 0. The summed E-state index contributed by atoms with van der Waals surface area (Å²) in [7, 11) is 0. The fraction of sp³-hybridized carbons (Fsp3) is 0.0172. The fourth-order valence-corrected chi connectivity index (χ4v) is 9.51. The number of benzene rings is 9. The maximum atomic E-state index is 6.64. The summed E-state index contributed by atoms with van der Waals surface area (Å²) in [5, 5.41) is 0. The average molecular weight is 792 g/mol. The molecule has 1 aromatic heterocycles. The highest BCUT2D eigenvalue weighted by Gasteiger charge is 2.51. The molecule has 1 spiro atoms. The van der Waals surface area contributed by atoms with Crippen molar-refractivity contribution in [3.05, 3.63) is 247 Å². The van der Waals surface area contributed by atoms with Crippen molar-refractivity contribution in [2.45, 2.75) is 5.41 Å². The summed E-state index contributed by atoms with van der Waals surface area (Å²) < 4.78 is 6.64. The molecule has 0 radical (unpaired) electrons. The lowest BCUT2D eigenvalue weighted by atomic mass is 9.66. The minimum atomic E-state index is -0.607. The van der Waals surface area contributed by atoms with Crippen molar-refractivity contribution < 1.29 is 4.74 Å². The quantitative estimate of drug-likeness (QED) is 0.168. The van der Waals surface area contributed by atoms with Gasteiger partial charge in [-0.15, -0.1) is 0 Å². The molecule has 0 saturated carbocycles. The molecule has 12 rings (SSSR count). The smallest absolute Gasteiger partial charge is 0.164 e. The lowest BCUT2D eigenvalue weighted by Gasteiger charge is -2.39. The van der Waals surface area contributed by atoms with Gasteiger partial charge in [0.05, 0.1) is 5.41 Å². The van der Waals surface area contributed by atoms with Crippen LogP contribution in [0.15, 0.2) is 224 Å². The Balaban J connectivity index is 1.05. The third kappa shape index (κ3) is 5.80. The van der Waals surface area contributed by atoms with E-state index in [1.807, 2.05) is 24.3 Å². The molecule has 62 heavy (non-hydrogen) atoms. The Morgan fingerprint density at radius 3 is 1.08 bits per heavy atom. The second-order valence-electron chi connectivity index (χ2n) is 15.9. The predicted molar refractivity (Wildman–Crippen MR) is 250 cm³/mol. The van der Waals surface area contributed by atoms with Crippen LogP contribution in [-0.4, -0.2) is 15.0 Å². The van der Waals surface area contributed by atoms with Crippen LogP contribution in [0.1, 0.15) is 22.3 Å². The average Bonchev–Trinajstić information content (AvgIpc) is 3.64. The molecule has 0 bridgehead atoms. The van der Waals surface area contributed by atoms with Crippen LogP contribution in [0.4, 0.5) is 0 Å². The van der Waals surface area contributed by atoms with Crippen LogP contribution in [0.25, 0.3) is 78.7 Å². The second kappa shape index (κ2) is 14.5.